The van der Waals surface area contributed by atoms with E-state index in [0.717, 1.165) is 63.6 Å². The molecule has 6 atom stereocenters. The van der Waals surface area contributed by atoms with E-state index in [1.807, 2.05) is 11.8 Å². The molecule has 192 valence electrons. The molecule has 4 aliphatic heterocycles. The number of carbonyl (C=O) groups is 1. The first-order chi connectivity index (χ1) is 17.0. The zero-order valence-electron chi connectivity index (χ0n) is 21.9. The van der Waals surface area contributed by atoms with Crippen LogP contribution in [0.4, 0.5) is 0 Å². The molecular weight excluding hydrogens is 454 g/mol. The van der Waals surface area contributed by atoms with Gasteiger partial charge in [-0.05, 0) is 30.2 Å². The Kier molecular flexibility index (Phi) is 7.48. The van der Waals surface area contributed by atoms with Crippen molar-refractivity contribution in [2.24, 2.45) is 22.2 Å². The number of hydrogen-bond acceptors (Lipinski definition) is 6. The number of aliphatic imine (C=N–C) groups is 1. The zero-order chi connectivity index (χ0) is 24.6. The van der Waals surface area contributed by atoms with Gasteiger partial charge in [-0.15, -0.1) is 0 Å². The van der Waals surface area contributed by atoms with Crippen molar-refractivity contribution in [2.45, 2.75) is 62.8 Å². The molecule has 7 heteroatoms. The fraction of sp³-hybridized carbons (Fsp3) is 0.714. The number of carbonyl (C=O) groups excluding carboxylic acids is 1. The van der Waals surface area contributed by atoms with Gasteiger partial charge in [-0.2, -0.15) is 0 Å². The molecule has 1 amide bonds. The molecule has 5 rings (SSSR count). The summed E-state index contributed by atoms with van der Waals surface area (Å²) in [5.41, 5.74) is 1.35. The second-order valence-corrected chi connectivity index (χ2v) is 12.4. The standard InChI is InChI=1S/C28H43N5OS/c1-5-19(6-2)24-14-21(20-10-8-7-9-11-20)12-13-33(24)26(34)22-15-29-17-28(22)18-30-16-23-25(28)35-27(31-23)32(3)4/h7-11,19,21-25,29-30H,5-6,12-18H2,1-4H3/t21-,22+,23?,24+,25?,28+/m1/s1. The molecule has 0 saturated carbocycles. The minimum Gasteiger partial charge on any atom is -0.358 e. The molecule has 3 saturated heterocycles. The summed E-state index contributed by atoms with van der Waals surface area (Å²) in [5.74, 6) is 1.50. The van der Waals surface area contributed by atoms with Crippen LogP contribution in [-0.2, 0) is 4.79 Å². The monoisotopic (exact) mass is 497 g/mol. The van der Waals surface area contributed by atoms with E-state index in [4.69, 9.17) is 4.99 Å². The topological polar surface area (TPSA) is 60.0 Å². The minimum absolute atomic E-state index is 0.0112. The van der Waals surface area contributed by atoms with Crippen LogP contribution in [0.2, 0.25) is 0 Å². The molecule has 4 aliphatic rings. The first kappa shape index (κ1) is 25.1. The Morgan fingerprint density at radius 1 is 1.17 bits per heavy atom. The smallest absolute Gasteiger partial charge is 0.227 e. The van der Waals surface area contributed by atoms with Gasteiger partial charge in [0.05, 0.1) is 12.0 Å². The molecule has 1 aromatic carbocycles. The predicted octanol–water partition coefficient (Wildman–Crippen LogP) is 3.41. The number of hydrogen-bond donors (Lipinski definition) is 2. The number of amides is 1. The highest BCUT2D eigenvalue weighted by atomic mass is 32.2. The quantitative estimate of drug-likeness (QED) is 0.653. The Bertz CT molecular complexity index is 919. The third kappa shape index (κ3) is 4.53. The van der Waals surface area contributed by atoms with Crippen LogP contribution in [0.5, 0.6) is 0 Å². The van der Waals surface area contributed by atoms with Crippen LogP contribution < -0.4 is 10.6 Å². The molecule has 0 aliphatic carbocycles. The lowest BCUT2D eigenvalue weighted by molar-refractivity contribution is -0.144. The average molecular weight is 498 g/mol. The van der Waals surface area contributed by atoms with E-state index in [1.54, 1.807) is 0 Å². The molecule has 1 aromatic rings. The number of likely N-dealkylation sites (tertiary alicyclic amines) is 1. The highest BCUT2D eigenvalue weighted by Gasteiger charge is 2.59. The van der Waals surface area contributed by atoms with Gasteiger partial charge in [0.2, 0.25) is 5.91 Å². The van der Waals surface area contributed by atoms with Crippen LogP contribution in [0, 0.1) is 17.3 Å². The van der Waals surface area contributed by atoms with Gasteiger partial charge >= 0.3 is 0 Å². The van der Waals surface area contributed by atoms with Crippen LogP contribution in [-0.4, -0.2) is 85.0 Å². The second kappa shape index (κ2) is 10.4. The molecule has 0 bridgehead atoms. The van der Waals surface area contributed by atoms with E-state index in [0.29, 0.717) is 29.0 Å². The summed E-state index contributed by atoms with van der Waals surface area (Å²) >= 11 is 1.91. The van der Waals surface area contributed by atoms with E-state index in [1.165, 1.54) is 5.56 Å². The fourth-order valence-corrected chi connectivity index (χ4v) is 8.75. The number of piperidine rings is 2. The van der Waals surface area contributed by atoms with Gasteiger partial charge in [-0.3, -0.25) is 9.79 Å². The van der Waals surface area contributed by atoms with Crippen molar-refractivity contribution < 1.29 is 4.79 Å². The molecule has 3 fully saturated rings. The minimum atomic E-state index is -0.0827. The Balaban J connectivity index is 1.40. The zero-order valence-corrected chi connectivity index (χ0v) is 22.7. The number of nitrogens with one attached hydrogen (secondary N) is 2. The summed E-state index contributed by atoms with van der Waals surface area (Å²) in [7, 11) is 4.16. The highest BCUT2D eigenvalue weighted by Crippen LogP contribution is 2.49. The van der Waals surface area contributed by atoms with E-state index in [-0.39, 0.29) is 17.4 Å². The Morgan fingerprint density at radius 3 is 2.57 bits per heavy atom. The van der Waals surface area contributed by atoms with Crippen LogP contribution in [0.1, 0.15) is 51.0 Å². The summed E-state index contributed by atoms with van der Waals surface area (Å²) < 4.78 is 0. The van der Waals surface area contributed by atoms with Gasteiger partial charge in [0.15, 0.2) is 5.17 Å². The average Bonchev–Trinajstić information content (AvgIpc) is 3.51. The molecule has 4 heterocycles. The van der Waals surface area contributed by atoms with Gasteiger partial charge in [-0.1, -0.05) is 68.8 Å². The molecule has 2 N–H and O–H groups in total. The Morgan fingerprint density at radius 2 is 1.89 bits per heavy atom. The van der Waals surface area contributed by atoms with Crippen molar-refractivity contribution in [3.8, 4) is 0 Å². The lowest BCUT2D eigenvalue weighted by Gasteiger charge is -2.49. The van der Waals surface area contributed by atoms with Gasteiger partial charge in [0.1, 0.15) is 0 Å². The van der Waals surface area contributed by atoms with Crippen molar-refractivity contribution in [2.75, 3.05) is 46.8 Å². The molecule has 1 spiro atoms. The summed E-state index contributed by atoms with van der Waals surface area (Å²) in [6.07, 6.45) is 4.40. The molecule has 35 heavy (non-hydrogen) atoms. The molecule has 6 nitrogen and oxygen atoms in total. The van der Waals surface area contributed by atoms with Crippen molar-refractivity contribution in [3.05, 3.63) is 35.9 Å². The van der Waals surface area contributed by atoms with Crippen LogP contribution >= 0.6 is 11.8 Å². The van der Waals surface area contributed by atoms with Crippen molar-refractivity contribution >= 4 is 22.8 Å². The number of amidine groups is 1. The number of fused-ring (bicyclic) bond motifs is 2. The largest absolute Gasteiger partial charge is 0.358 e. The predicted molar refractivity (Wildman–Crippen MR) is 146 cm³/mol. The third-order valence-corrected chi connectivity index (χ3v) is 10.9. The third-order valence-electron chi connectivity index (χ3n) is 9.20. The first-order valence-corrected chi connectivity index (χ1v) is 14.5. The normalized spacial score (nSPS) is 34.8. The first-order valence-electron chi connectivity index (χ1n) is 13.7. The second-order valence-electron chi connectivity index (χ2n) is 11.3. The van der Waals surface area contributed by atoms with Gasteiger partial charge < -0.3 is 20.4 Å². The van der Waals surface area contributed by atoms with Crippen LogP contribution in [0.25, 0.3) is 0 Å². The van der Waals surface area contributed by atoms with E-state index >= 15 is 0 Å². The van der Waals surface area contributed by atoms with Gasteiger partial charge in [-0.25, -0.2) is 0 Å². The summed E-state index contributed by atoms with van der Waals surface area (Å²) in [5, 5.41) is 8.79. The number of nitrogens with zero attached hydrogens (tertiary/aromatic N) is 3. The van der Waals surface area contributed by atoms with E-state index < -0.39 is 0 Å². The molecular formula is C28H43N5OS. The number of thioether (sulfide) groups is 1. The molecule has 2 unspecified atom stereocenters. The van der Waals surface area contributed by atoms with Crippen molar-refractivity contribution in [1.82, 2.24) is 20.4 Å². The summed E-state index contributed by atoms with van der Waals surface area (Å²) in [6, 6.07) is 11.5. The lowest BCUT2D eigenvalue weighted by atomic mass is 9.69. The fourth-order valence-electron chi connectivity index (χ4n) is 7.23. The highest BCUT2D eigenvalue weighted by molar-refractivity contribution is 8.14. The molecule has 0 radical (unpaired) electrons. The van der Waals surface area contributed by atoms with Crippen molar-refractivity contribution in [3.63, 3.8) is 0 Å². The van der Waals surface area contributed by atoms with Crippen molar-refractivity contribution in [1.29, 1.82) is 0 Å². The Hall–Kier alpha value is -1.57. The van der Waals surface area contributed by atoms with Crippen LogP contribution in [0.3, 0.4) is 0 Å². The molecule has 0 aromatic heterocycles. The summed E-state index contributed by atoms with van der Waals surface area (Å²) in [4.78, 5) is 24.0. The van der Waals surface area contributed by atoms with E-state index in [9.17, 15) is 4.79 Å². The lowest BCUT2D eigenvalue weighted by Crippen LogP contribution is -2.62. The maximum Gasteiger partial charge on any atom is 0.227 e. The maximum absolute atomic E-state index is 14.5. The van der Waals surface area contributed by atoms with E-state index in [2.05, 4.69) is 78.7 Å². The number of rotatable bonds is 5. The number of benzene rings is 1. The van der Waals surface area contributed by atoms with Crippen LogP contribution in [0.15, 0.2) is 35.3 Å². The summed E-state index contributed by atoms with van der Waals surface area (Å²) in [6.45, 7) is 8.97. The van der Waals surface area contributed by atoms with Gasteiger partial charge in [0, 0.05) is 63.5 Å². The SMILES string of the molecule is CCC(CC)[C@@H]1C[C@H](c2ccccc2)CCN1C(=O)[C@@H]1CNC[C@]12CNCC1N=C(N(C)C)SC12. The Labute approximate surface area is 215 Å². The van der Waals surface area contributed by atoms with Gasteiger partial charge in [0.25, 0.3) is 0 Å². The maximum atomic E-state index is 14.5.